The van der Waals surface area contributed by atoms with Crippen molar-refractivity contribution in [3.05, 3.63) is 29.2 Å². The normalized spacial score (nSPS) is 13.9. The standard InChI is InChI=1S/C16H24N6/c1-10(2)12-8-13(19-16(18-12)11(3)4)17-9-15-21-20-14-6-5-7-22(14)15/h8,10-11H,5-7,9H2,1-4H3,(H,17,18,19). The highest BCUT2D eigenvalue weighted by atomic mass is 15.3. The van der Waals surface area contributed by atoms with Crippen LogP contribution in [0.15, 0.2) is 6.07 Å². The first-order valence-corrected chi connectivity index (χ1v) is 8.08. The molecule has 1 aliphatic rings. The maximum absolute atomic E-state index is 4.65. The molecule has 1 aliphatic heterocycles. The van der Waals surface area contributed by atoms with Gasteiger partial charge in [0.2, 0.25) is 0 Å². The largest absolute Gasteiger partial charge is 0.363 e. The molecule has 6 heteroatoms. The quantitative estimate of drug-likeness (QED) is 0.919. The van der Waals surface area contributed by atoms with Gasteiger partial charge in [-0.25, -0.2) is 9.97 Å². The summed E-state index contributed by atoms with van der Waals surface area (Å²) in [7, 11) is 0. The molecule has 0 radical (unpaired) electrons. The fourth-order valence-electron chi connectivity index (χ4n) is 2.64. The van der Waals surface area contributed by atoms with Gasteiger partial charge in [0, 0.05) is 30.6 Å². The van der Waals surface area contributed by atoms with E-state index in [2.05, 4.69) is 57.7 Å². The van der Waals surface area contributed by atoms with Crippen molar-refractivity contribution in [1.29, 1.82) is 0 Å². The monoisotopic (exact) mass is 300 g/mol. The van der Waals surface area contributed by atoms with Crippen molar-refractivity contribution in [2.24, 2.45) is 0 Å². The average molecular weight is 300 g/mol. The molecule has 0 unspecified atom stereocenters. The lowest BCUT2D eigenvalue weighted by molar-refractivity contribution is 0.693. The maximum Gasteiger partial charge on any atom is 0.152 e. The van der Waals surface area contributed by atoms with E-state index in [-0.39, 0.29) is 0 Å². The van der Waals surface area contributed by atoms with Crippen LogP contribution in [0.2, 0.25) is 0 Å². The SMILES string of the molecule is CC(C)c1cc(NCc2nnc3n2CCC3)nc(C(C)C)n1. The summed E-state index contributed by atoms with van der Waals surface area (Å²) in [5.74, 6) is 4.56. The topological polar surface area (TPSA) is 68.5 Å². The minimum Gasteiger partial charge on any atom is -0.363 e. The fourth-order valence-corrected chi connectivity index (χ4v) is 2.64. The molecule has 0 aliphatic carbocycles. The molecule has 6 nitrogen and oxygen atoms in total. The molecule has 2 aromatic rings. The van der Waals surface area contributed by atoms with Gasteiger partial charge in [0.25, 0.3) is 0 Å². The van der Waals surface area contributed by atoms with E-state index in [1.54, 1.807) is 0 Å². The van der Waals surface area contributed by atoms with E-state index in [1.165, 1.54) is 6.42 Å². The van der Waals surface area contributed by atoms with E-state index in [1.807, 2.05) is 6.07 Å². The summed E-state index contributed by atoms with van der Waals surface area (Å²) in [4.78, 5) is 9.28. The van der Waals surface area contributed by atoms with Gasteiger partial charge in [-0.15, -0.1) is 10.2 Å². The highest BCUT2D eigenvalue weighted by Gasteiger charge is 2.17. The molecule has 0 aromatic carbocycles. The number of fused-ring (bicyclic) bond motifs is 1. The van der Waals surface area contributed by atoms with E-state index < -0.39 is 0 Å². The molecule has 0 fully saturated rings. The second kappa shape index (κ2) is 6.02. The van der Waals surface area contributed by atoms with E-state index in [9.17, 15) is 0 Å². The zero-order chi connectivity index (χ0) is 15.7. The molecule has 2 aromatic heterocycles. The van der Waals surface area contributed by atoms with Crippen LogP contribution in [-0.4, -0.2) is 24.7 Å². The molecule has 22 heavy (non-hydrogen) atoms. The number of nitrogens with zero attached hydrogens (tertiary/aromatic N) is 5. The summed E-state index contributed by atoms with van der Waals surface area (Å²) in [5.41, 5.74) is 1.08. The maximum atomic E-state index is 4.65. The van der Waals surface area contributed by atoms with Gasteiger partial charge in [0.15, 0.2) is 5.82 Å². The van der Waals surface area contributed by atoms with E-state index in [0.717, 1.165) is 42.0 Å². The smallest absolute Gasteiger partial charge is 0.152 e. The number of aryl methyl sites for hydroxylation is 1. The highest BCUT2D eigenvalue weighted by Crippen LogP contribution is 2.20. The second-order valence-corrected chi connectivity index (χ2v) is 6.49. The van der Waals surface area contributed by atoms with Gasteiger partial charge >= 0.3 is 0 Å². The third kappa shape index (κ3) is 2.96. The molecular formula is C16H24N6. The van der Waals surface area contributed by atoms with Crippen LogP contribution in [0.25, 0.3) is 0 Å². The van der Waals surface area contributed by atoms with E-state index in [4.69, 9.17) is 0 Å². The lowest BCUT2D eigenvalue weighted by Crippen LogP contribution is -2.11. The summed E-state index contributed by atoms with van der Waals surface area (Å²) in [6.45, 7) is 10.2. The van der Waals surface area contributed by atoms with Crippen molar-refractivity contribution in [3.63, 3.8) is 0 Å². The summed E-state index contributed by atoms with van der Waals surface area (Å²) in [6.07, 6.45) is 2.20. The fraction of sp³-hybridized carbons (Fsp3) is 0.625. The molecule has 0 atom stereocenters. The van der Waals surface area contributed by atoms with Crippen molar-refractivity contribution in [2.45, 2.75) is 65.5 Å². The average Bonchev–Trinajstić information content (AvgIpc) is 3.08. The van der Waals surface area contributed by atoms with Crippen LogP contribution in [0.4, 0.5) is 5.82 Å². The first-order valence-electron chi connectivity index (χ1n) is 8.08. The van der Waals surface area contributed by atoms with Crippen LogP contribution in [0, 0.1) is 0 Å². The number of nitrogens with one attached hydrogen (secondary N) is 1. The van der Waals surface area contributed by atoms with Gasteiger partial charge in [-0.2, -0.15) is 0 Å². The third-order valence-corrected chi connectivity index (χ3v) is 3.98. The molecular weight excluding hydrogens is 276 g/mol. The number of hydrogen-bond acceptors (Lipinski definition) is 5. The summed E-state index contributed by atoms with van der Waals surface area (Å²) >= 11 is 0. The molecule has 3 heterocycles. The Bertz CT molecular complexity index is 632. The van der Waals surface area contributed by atoms with Crippen LogP contribution in [0.1, 0.15) is 69.1 Å². The highest BCUT2D eigenvalue weighted by molar-refractivity contribution is 5.37. The molecule has 0 saturated heterocycles. The molecule has 118 valence electrons. The van der Waals surface area contributed by atoms with Gasteiger partial charge in [-0.1, -0.05) is 27.7 Å². The van der Waals surface area contributed by atoms with Gasteiger partial charge in [0.05, 0.1) is 6.54 Å². The third-order valence-electron chi connectivity index (χ3n) is 3.98. The molecule has 1 N–H and O–H groups in total. The summed E-state index contributed by atoms with van der Waals surface area (Å²) in [5, 5.41) is 11.9. The molecule has 3 rings (SSSR count). The van der Waals surface area contributed by atoms with Crippen molar-refractivity contribution in [2.75, 3.05) is 5.32 Å². The van der Waals surface area contributed by atoms with Gasteiger partial charge in [-0.3, -0.25) is 0 Å². The first-order chi connectivity index (χ1) is 10.5. The molecule has 0 bridgehead atoms. The number of anilines is 1. The van der Waals surface area contributed by atoms with Crippen LogP contribution in [-0.2, 0) is 19.5 Å². The Morgan fingerprint density at radius 1 is 1.14 bits per heavy atom. The Labute approximate surface area is 131 Å². The Kier molecular flexibility index (Phi) is 4.09. The lowest BCUT2D eigenvalue weighted by atomic mass is 10.1. The van der Waals surface area contributed by atoms with Crippen molar-refractivity contribution < 1.29 is 0 Å². The summed E-state index contributed by atoms with van der Waals surface area (Å²) < 4.78 is 2.21. The Balaban J connectivity index is 1.79. The predicted octanol–water partition coefficient (Wildman–Crippen LogP) is 2.87. The zero-order valence-electron chi connectivity index (χ0n) is 13.8. The molecule has 0 amide bonds. The van der Waals surface area contributed by atoms with Crippen LogP contribution in [0.5, 0.6) is 0 Å². The Hall–Kier alpha value is -1.98. The minimum absolute atomic E-state index is 0.316. The molecule has 0 spiro atoms. The second-order valence-electron chi connectivity index (χ2n) is 6.49. The zero-order valence-corrected chi connectivity index (χ0v) is 13.8. The van der Waals surface area contributed by atoms with Crippen molar-refractivity contribution >= 4 is 5.82 Å². The van der Waals surface area contributed by atoms with Gasteiger partial charge in [-0.05, 0) is 12.3 Å². The molecule has 0 saturated carbocycles. The van der Waals surface area contributed by atoms with Crippen molar-refractivity contribution in [3.8, 4) is 0 Å². The van der Waals surface area contributed by atoms with Crippen LogP contribution < -0.4 is 5.32 Å². The van der Waals surface area contributed by atoms with Gasteiger partial charge < -0.3 is 9.88 Å². The summed E-state index contributed by atoms with van der Waals surface area (Å²) in [6, 6.07) is 2.04. The minimum atomic E-state index is 0.316. The van der Waals surface area contributed by atoms with Crippen molar-refractivity contribution in [1.82, 2.24) is 24.7 Å². The lowest BCUT2D eigenvalue weighted by Gasteiger charge is -2.13. The number of rotatable bonds is 5. The van der Waals surface area contributed by atoms with E-state index in [0.29, 0.717) is 18.4 Å². The first kappa shape index (κ1) is 14.9. The number of hydrogen-bond donors (Lipinski definition) is 1. The Morgan fingerprint density at radius 3 is 2.68 bits per heavy atom. The van der Waals surface area contributed by atoms with Gasteiger partial charge in [0.1, 0.15) is 17.5 Å². The Morgan fingerprint density at radius 2 is 1.95 bits per heavy atom. The van der Waals surface area contributed by atoms with Crippen LogP contribution >= 0.6 is 0 Å². The van der Waals surface area contributed by atoms with Crippen LogP contribution in [0.3, 0.4) is 0 Å². The predicted molar refractivity (Wildman–Crippen MR) is 85.9 cm³/mol. The van der Waals surface area contributed by atoms with E-state index >= 15 is 0 Å². The number of aromatic nitrogens is 5.